The molecule has 0 aliphatic rings. The summed E-state index contributed by atoms with van der Waals surface area (Å²) in [6.45, 7) is 3.53. The molecule has 1 aromatic carbocycles. The number of amides is 1. The lowest BCUT2D eigenvalue weighted by Crippen LogP contribution is -2.26. The fourth-order valence-corrected chi connectivity index (χ4v) is 2.82. The van der Waals surface area contributed by atoms with Crippen molar-refractivity contribution in [3.63, 3.8) is 0 Å². The Balaban J connectivity index is 1.74. The summed E-state index contributed by atoms with van der Waals surface area (Å²) in [5, 5.41) is 15.3. The van der Waals surface area contributed by atoms with Crippen LogP contribution in [0.3, 0.4) is 0 Å². The van der Waals surface area contributed by atoms with Crippen LogP contribution in [-0.4, -0.2) is 38.4 Å². The predicted molar refractivity (Wildman–Crippen MR) is 91.2 cm³/mol. The lowest BCUT2D eigenvalue weighted by molar-refractivity contribution is -0.118. The molecule has 0 spiro atoms. The van der Waals surface area contributed by atoms with Gasteiger partial charge in [0.05, 0.1) is 12.3 Å². The number of hydrogen-bond donors (Lipinski definition) is 1. The maximum Gasteiger partial charge on any atom is 0.230 e. The lowest BCUT2D eigenvalue weighted by Gasteiger charge is -2.06. The Bertz CT molecular complexity index is 587. The highest BCUT2D eigenvalue weighted by Crippen LogP contribution is 2.14. The lowest BCUT2D eigenvalue weighted by atomic mass is 10.2. The van der Waals surface area contributed by atoms with Crippen LogP contribution in [0.1, 0.15) is 38.2 Å². The summed E-state index contributed by atoms with van der Waals surface area (Å²) in [5.74, 6) is 0.365. The highest BCUT2D eigenvalue weighted by Gasteiger charge is 2.10. The average molecular weight is 333 g/mol. The fraction of sp³-hybridized carbons (Fsp3) is 0.500. The molecule has 0 bridgehead atoms. The van der Waals surface area contributed by atoms with Gasteiger partial charge in [0.15, 0.2) is 0 Å². The van der Waals surface area contributed by atoms with Crippen LogP contribution in [0, 0.1) is 0 Å². The van der Waals surface area contributed by atoms with Gasteiger partial charge in [-0.25, -0.2) is 4.68 Å². The summed E-state index contributed by atoms with van der Waals surface area (Å²) < 4.78 is 1.72. The number of rotatable bonds is 10. The van der Waals surface area contributed by atoms with Crippen LogP contribution in [-0.2, 0) is 11.3 Å². The highest BCUT2D eigenvalue weighted by atomic mass is 32.2. The van der Waals surface area contributed by atoms with Gasteiger partial charge in [-0.1, -0.05) is 68.3 Å². The Morgan fingerprint density at radius 3 is 2.83 bits per heavy atom. The second-order valence-corrected chi connectivity index (χ2v) is 6.25. The van der Waals surface area contributed by atoms with Crippen molar-refractivity contribution in [2.45, 2.75) is 44.3 Å². The number of aromatic nitrogens is 4. The normalized spacial score (nSPS) is 10.7. The number of tetrazole rings is 1. The minimum absolute atomic E-state index is 0.0285. The van der Waals surface area contributed by atoms with Gasteiger partial charge in [0.1, 0.15) is 0 Å². The van der Waals surface area contributed by atoms with Crippen LogP contribution in [0.2, 0.25) is 0 Å². The van der Waals surface area contributed by atoms with Crippen molar-refractivity contribution in [2.24, 2.45) is 0 Å². The maximum absolute atomic E-state index is 11.8. The van der Waals surface area contributed by atoms with Gasteiger partial charge in [0.2, 0.25) is 11.1 Å². The Kier molecular flexibility index (Phi) is 7.59. The van der Waals surface area contributed by atoms with Gasteiger partial charge in [0.25, 0.3) is 0 Å². The number of hydrogen-bond acceptors (Lipinski definition) is 5. The van der Waals surface area contributed by atoms with Crippen LogP contribution < -0.4 is 5.32 Å². The first-order valence-electron chi connectivity index (χ1n) is 7.99. The number of nitrogens with one attached hydrogen (secondary N) is 1. The third-order valence-corrected chi connectivity index (χ3v) is 4.32. The van der Waals surface area contributed by atoms with Crippen LogP contribution >= 0.6 is 11.8 Å². The third-order valence-electron chi connectivity index (χ3n) is 3.36. The molecule has 0 radical (unpaired) electrons. The predicted octanol–water partition coefficient (Wildman–Crippen LogP) is 2.51. The number of nitrogens with zero attached hydrogens (tertiary/aromatic N) is 4. The largest absolute Gasteiger partial charge is 0.355 e. The molecule has 0 saturated heterocycles. The summed E-state index contributed by atoms with van der Waals surface area (Å²) in [6, 6.07) is 10.00. The first-order valence-corrected chi connectivity index (χ1v) is 8.97. The van der Waals surface area contributed by atoms with Crippen LogP contribution in [0.5, 0.6) is 0 Å². The van der Waals surface area contributed by atoms with Gasteiger partial charge in [0, 0.05) is 6.54 Å². The van der Waals surface area contributed by atoms with Crippen molar-refractivity contribution >= 4 is 17.7 Å². The quantitative estimate of drug-likeness (QED) is 0.534. The number of carbonyl (C=O) groups is 1. The summed E-state index contributed by atoms with van der Waals surface area (Å²) in [6.07, 6.45) is 4.63. The molecule has 6 nitrogen and oxygen atoms in total. The monoisotopic (exact) mass is 333 g/mol. The summed E-state index contributed by atoms with van der Waals surface area (Å²) in [7, 11) is 0. The number of benzene rings is 1. The molecule has 0 aliphatic heterocycles. The van der Waals surface area contributed by atoms with E-state index < -0.39 is 0 Å². The number of carbonyl (C=O) groups excluding carboxylic acids is 1. The molecule has 0 unspecified atom stereocenters. The molecule has 124 valence electrons. The number of unbranched alkanes of at least 4 members (excludes halogenated alkanes) is 3. The van der Waals surface area contributed by atoms with E-state index in [-0.39, 0.29) is 5.91 Å². The van der Waals surface area contributed by atoms with E-state index >= 15 is 0 Å². The van der Waals surface area contributed by atoms with E-state index in [9.17, 15) is 4.79 Å². The van der Waals surface area contributed by atoms with Gasteiger partial charge in [-0.15, -0.1) is 5.10 Å². The summed E-state index contributed by atoms with van der Waals surface area (Å²) in [4.78, 5) is 11.8. The molecular formula is C16H23N5OS. The second-order valence-electron chi connectivity index (χ2n) is 5.30. The molecule has 0 fully saturated rings. The molecule has 23 heavy (non-hydrogen) atoms. The Labute approximate surface area is 141 Å². The first kappa shape index (κ1) is 17.5. The SMILES string of the molecule is CCCCCCNC(=O)CSc1nnnn1Cc1ccccc1. The topological polar surface area (TPSA) is 72.7 Å². The van der Waals surface area contributed by atoms with E-state index in [4.69, 9.17) is 0 Å². The summed E-state index contributed by atoms with van der Waals surface area (Å²) >= 11 is 1.36. The van der Waals surface area contributed by atoms with Crippen LogP contribution in [0.25, 0.3) is 0 Å². The zero-order valence-electron chi connectivity index (χ0n) is 13.4. The van der Waals surface area contributed by atoms with Crippen molar-refractivity contribution in [3.8, 4) is 0 Å². The number of thioether (sulfide) groups is 1. The van der Waals surface area contributed by atoms with E-state index in [0.717, 1.165) is 18.5 Å². The first-order chi connectivity index (χ1) is 11.3. The molecule has 1 aromatic heterocycles. The van der Waals surface area contributed by atoms with E-state index in [1.54, 1.807) is 4.68 Å². The molecule has 1 heterocycles. The Morgan fingerprint density at radius 1 is 1.22 bits per heavy atom. The molecule has 2 rings (SSSR count). The minimum Gasteiger partial charge on any atom is -0.355 e. The van der Waals surface area contributed by atoms with Gasteiger partial charge in [-0.3, -0.25) is 4.79 Å². The molecule has 7 heteroatoms. The van der Waals surface area contributed by atoms with Crippen molar-refractivity contribution in [1.29, 1.82) is 0 Å². The molecule has 1 N–H and O–H groups in total. The standard InChI is InChI=1S/C16H23N5OS/c1-2-3-4-8-11-17-15(22)13-23-16-18-19-20-21(16)12-14-9-6-5-7-10-14/h5-7,9-10H,2-4,8,11-13H2,1H3,(H,17,22). The minimum atomic E-state index is 0.0285. The van der Waals surface area contributed by atoms with E-state index in [1.807, 2.05) is 30.3 Å². The molecule has 1 amide bonds. The van der Waals surface area contributed by atoms with Gasteiger partial charge >= 0.3 is 0 Å². The second kappa shape index (κ2) is 9.99. The Hall–Kier alpha value is -1.89. The molecule has 0 atom stereocenters. The molecule has 0 aliphatic carbocycles. The van der Waals surface area contributed by atoms with Crippen LogP contribution in [0.4, 0.5) is 0 Å². The van der Waals surface area contributed by atoms with Crippen molar-refractivity contribution in [1.82, 2.24) is 25.5 Å². The van der Waals surface area contributed by atoms with Crippen LogP contribution in [0.15, 0.2) is 35.5 Å². The van der Waals surface area contributed by atoms with Gasteiger partial charge < -0.3 is 5.32 Å². The highest BCUT2D eigenvalue weighted by molar-refractivity contribution is 7.99. The van der Waals surface area contributed by atoms with Gasteiger partial charge in [-0.2, -0.15) is 0 Å². The zero-order valence-corrected chi connectivity index (χ0v) is 14.3. The molecular weight excluding hydrogens is 310 g/mol. The maximum atomic E-state index is 11.8. The van der Waals surface area contributed by atoms with Crippen molar-refractivity contribution in [2.75, 3.05) is 12.3 Å². The fourth-order valence-electron chi connectivity index (χ4n) is 2.12. The van der Waals surface area contributed by atoms with E-state index in [0.29, 0.717) is 17.5 Å². The third kappa shape index (κ3) is 6.40. The van der Waals surface area contributed by atoms with Crippen molar-refractivity contribution in [3.05, 3.63) is 35.9 Å². The zero-order chi connectivity index (χ0) is 16.3. The summed E-state index contributed by atoms with van der Waals surface area (Å²) in [5.41, 5.74) is 1.13. The molecule has 0 saturated carbocycles. The molecule has 2 aromatic rings. The van der Waals surface area contributed by atoms with Gasteiger partial charge in [-0.05, 0) is 22.4 Å². The van der Waals surface area contributed by atoms with E-state index in [2.05, 4.69) is 27.8 Å². The van der Waals surface area contributed by atoms with E-state index in [1.165, 1.54) is 31.0 Å². The Morgan fingerprint density at radius 2 is 2.04 bits per heavy atom. The van der Waals surface area contributed by atoms with Crippen molar-refractivity contribution < 1.29 is 4.79 Å². The smallest absolute Gasteiger partial charge is 0.230 e. The average Bonchev–Trinajstić information content (AvgIpc) is 3.01.